The number of rotatable bonds is 5. The van der Waals surface area contributed by atoms with Crippen molar-refractivity contribution in [3.05, 3.63) is 164 Å². The molecule has 0 atom stereocenters. The molecule has 8 nitrogen and oxygen atoms in total. The minimum atomic E-state index is -2.61. The SMILES string of the molecule is [2H]C([2H])([2H])n1c2ccccc2c2cc3c4ccccc4n(C([2H])([2H])[2H])c3c(N3CN(c4cccc(Oc5ccc6c7ncccc7n(-c7cc(C(C)(C)C)ccn7)c6c5)c4)c4ccccc43)c21. The molecule has 0 N–H and O–H groups in total. The lowest BCUT2D eigenvalue weighted by Gasteiger charge is -2.25. The average molecular weight is 800 g/mol. The van der Waals surface area contributed by atoms with Crippen LogP contribution in [0.25, 0.3) is 71.4 Å². The largest absolute Gasteiger partial charge is 0.457 e. The van der Waals surface area contributed by atoms with Crippen LogP contribution in [0.2, 0.25) is 0 Å². The van der Waals surface area contributed by atoms with E-state index < -0.39 is 14.0 Å². The Kier molecular flexibility index (Phi) is 6.29. The summed E-state index contributed by atoms with van der Waals surface area (Å²) in [5.41, 5.74) is 8.73. The van der Waals surface area contributed by atoms with Gasteiger partial charge in [-0.1, -0.05) is 75.4 Å². The molecule has 0 amide bonds. The number of aromatic nitrogens is 5. The molecule has 8 heteroatoms. The fourth-order valence-electron chi connectivity index (χ4n) is 9.41. The van der Waals surface area contributed by atoms with Crippen LogP contribution < -0.4 is 14.5 Å². The number of hydrogen-bond acceptors (Lipinski definition) is 5. The first kappa shape index (κ1) is 29.6. The van der Waals surface area contributed by atoms with Crippen LogP contribution in [0.5, 0.6) is 11.5 Å². The Balaban J connectivity index is 1.01. The van der Waals surface area contributed by atoms with E-state index in [0.717, 1.165) is 66.4 Å². The maximum atomic E-state index is 8.93. The lowest BCUT2D eigenvalue weighted by atomic mass is 9.88. The Labute approximate surface area is 361 Å². The molecule has 6 heterocycles. The Morgan fingerprint density at radius 1 is 0.541 bits per heavy atom. The zero-order valence-corrected chi connectivity index (χ0v) is 33.8. The highest BCUT2D eigenvalue weighted by Gasteiger charge is 2.33. The van der Waals surface area contributed by atoms with E-state index in [1.807, 2.05) is 140 Å². The maximum absolute atomic E-state index is 8.93. The van der Waals surface area contributed by atoms with Crippen LogP contribution in [0.15, 0.2) is 158 Å². The number of nitrogens with zero attached hydrogens (tertiary/aromatic N) is 7. The number of anilines is 4. The van der Waals surface area contributed by atoms with Gasteiger partial charge in [-0.25, -0.2) is 4.98 Å². The van der Waals surface area contributed by atoms with E-state index in [1.165, 1.54) is 14.7 Å². The quantitative estimate of drug-likeness (QED) is 0.174. The molecule has 5 aromatic heterocycles. The maximum Gasteiger partial charge on any atom is 0.137 e. The summed E-state index contributed by atoms with van der Waals surface area (Å²) in [6, 6.07) is 47.0. The predicted octanol–water partition coefficient (Wildman–Crippen LogP) is 13.2. The van der Waals surface area contributed by atoms with Gasteiger partial charge in [0.15, 0.2) is 0 Å². The van der Waals surface area contributed by atoms with Gasteiger partial charge < -0.3 is 23.7 Å². The molecule has 1 aliphatic rings. The Hall–Kier alpha value is -7.58. The molecule has 0 unspecified atom stereocenters. The monoisotopic (exact) mass is 799 g/mol. The van der Waals surface area contributed by atoms with Gasteiger partial charge in [0.05, 0.1) is 44.6 Å². The second-order valence-electron chi connectivity index (χ2n) is 16.8. The molecule has 296 valence electrons. The van der Waals surface area contributed by atoms with Crippen molar-refractivity contribution in [3.8, 4) is 17.3 Å². The fourth-order valence-corrected chi connectivity index (χ4v) is 9.41. The average Bonchev–Trinajstić information content (AvgIpc) is 4.05. The van der Waals surface area contributed by atoms with E-state index in [0.29, 0.717) is 39.3 Å². The van der Waals surface area contributed by atoms with E-state index in [4.69, 9.17) is 22.9 Å². The molecule has 0 spiro atoms. The zero-order chi connectivity index (χ0) is 46.1. The van der Waals surface area contributed by atoms with Gasteiger partial charge in [-0.2, -0.15) is 0 Å². The van der Waals surface area contributed by atoms with Gasteiger partial charge in [0.2, 0.25) is 0 Å². The molecular weight excluding hydrogens is 751 g/mol. The smallest absolute Gasteiger partial charge is 0.137 e. The Morgan fingerprint density at radius 3 is 1.93 bits per heavy atom. The Bertz CT molecular complexity index is 3710. The number of hydrogen-bond donors (Lipinski definition) is 0. The second kappa shape index (κ2) is 13.0. The molecule has 0 saturated carbocycles. The number of aryl methyl sites for hydroxylation is 2. The highest BCUT2D eigenvalue weighted by Crippen LogP contribution is 2.51. The van der Waals surface area contributed by atoms with Crippen molar-refractivity contribution < 1.29 is 13.0 Å². The molecular formula is C53H43N7O. The van der Waals surface area contributed by atoms with Gasteiger partial charge >= 0.3 is 0 Å². The summed E-state index contributed by atoms with van der Waals surface area (Å²) in [4.78, 5) is 13.8. The molecule has 61 heavy (non-hydrogen) atoms. The molecule has 0 bridgehead atoms. The van der Waals surface area contributed by atoms with E-state index in [1.54, 1.807) is 0 Å². The zero-order valence-electron chi connectivity index (χ0n) is 39.8. The van der Waals surface area contributed by atoms with Crippen molar-refractivity contribution in [2.24, 2.45) is 14.0 Å². The van der Waals surface area contributed by atoms with Gasteiger partial charge in [-0.15, -0.1) is 0 Å². The standard InChI is InChI=1S/C53H43N7O/c1-53(2,3)33-25-27-54-48(28-33)60-46-22-13-26-55-49(46)39-24-23-36(30-47(39)60)61-35-15-12-14-34(29-35)58-32-59(45-21-11-10-20-44(45)58)52-50-40(37-16-6-8-18-42(37)56(50)4)31-41-38-17-7-9-19-43(38)57(5)51(41)52/h6-31H,32H2,1-5H3/i4D3,5D3. The lowest BCUT2D eigenvalue weighted by molar-refractivity contribution is 0.483. The van der Waals surface area contributed by atoms with Crippen molar-refractivity contribution >= 4 is 88.3 Å². The van der Waals surface area contributed by atoms with E-state index in [-0.39, 0.29) is 12.1 Å². The number of para-hydroxylation sites is 4. The van der Waals surface area contributed by atoms with Crippen LogP contribution in [0, 0.1) is 0 Å². The van der Waals surface area contributed by atoms with Gasteiger partial charge in [0.1, 0.15) is 24.0 Å². The number of fused-ring (bicyclic) bond motifs is 10. The van der Waals surface area contributed by atoms with Crippen molar-refractivity contribution in [2.45, 2.75) is 26.2 Å². The third-order valence-corrected chi connectivity index (χ3v) is 12.3. The third kappa shape index (κ3) is 5.24. The van der Waals surface area contributed by atoms with Crippen LogP contribution >= 0.6 is 0 Å². The van der Waals surface area contributed by atoms with E-state index >= 15 is 0 Å². The molecule has 6 aromatic carbocycles. The molecule has 0 aliphatic carbocycles. The topological polar surface area (TPSA) is 56.3 Å². The molecule has 0 radical (unpaired) electrons. The van der Waals surface area contributed by atoms with Crippen LogP contribution in [-0.4, -0.2) is 30.3 Å². The van der Waals surface area contributed by atoms with Crippen molar-refractivity contribution in [1.82, 2.24) is 23.7 Å². The van der Waals surface area contributed by atoms with Crippen LogP contribution in [-0.2, 0) is 19.4 Å². The normalized spacial score (nSPS) is 15.1. The van der Waals surface area contributed by atoms with Crippen molar-refractivity contribution in [1.29, 1.82) is 0 Å². The van der Waals surface area contributed by atoms with Gasteiger partial charge in [0, 0.05) is 90.4 Å². The molecule has 0 fully saturated rings. The van der Waals surface area contributed by atoms with E-state index in [2.05, 4.69) is 53.3 Å². The first-order valence-electron chi connectivity index (χ1n) is 23.4. The summed E-state index contributed by atoms with van der Waals surface area (Å²) in [7, 11) is 0. The summed E-state index contributed by atoms with van der Waals surface area (Å²) in [5.74, 6) is 2.03. The summed E-state index contributed by atoms with van der Waals surface area (Å²) in [6.07, 6.45) is 3.67. The minimum Gasteiger partial charge on any atom is -0.457 e. The first-order valence-corrected chi connectivity index (χ1v) is 20.4. The Morgan fingerprint density at radius 2 is 1.21 bits per heavy atom. The summed E-state index contributed by atoms with van der Waals surface area (Å²) in [6.45, 7) is 1.60. The molecule has 11 aromatic rings. The molecule has 0 saturated heterocycles. The molecule has 1 aliphatic heterocycles. The minimum absolute atomic E-state index is 0.0735. The van der Waals surface area contributed by atoms with Gasteiger partial charge in [-0.05, 0) is 89.8 Å². The van der Waals surface area contributed by atoms with Crippen LogP contribution in [0.4, 0.5) is 22.7 Å². The highest BCUT2D eigenvalue weighted by atomic mass is 16.5. The number of pyridine rings is 2. The third-order valence-electron chi connectivity index (χ3n) is 12.3. The van der Waals surface area contributed by atoms with Crippen LogP contribution in [0.3, 0.4) is 0 Å². The summed E-state index contributed by atoms with van der Waals surface area (Å²) < 4.78 is 65.3. The van der Waals surface area contributed by atoms with E-state index in [9.17, 15) is 0 Å². The van der Waals surface area contributed by atoms with Gasteiger partial charge in [-0.3, -0.25) is 9.55 Å². The highest BCUT2D eigenvalue weighted by molar-refractivity contribution is 6.25. The number of benzene rings is 6. The van der Waals surface area contributed by atoms with Crippen molar-refractivity contribution in [3.63, 3.8) is 0 Å². The lowest BCUT2D eigenvalue weighted by Crippen LogP contribution is -2.25. The van der Waals surface area contributed by atoms with Crippen molar-refractivity contribution in [2.75, 3.05) is 16.5 Å². The fraction of sp³-hybridized carbons (Fsp3) is 0.132. The molecule has 12 rings (SSSR count). The second-order valence-corrected chi connectivity index (χ2v) is 16.8. The van der Waals surface area contributed by atoms with Gasteiger partial charge in [0.25, 0.3) is 0 Å². The first-order chi connectivity index (χ1) is 32.1. The summed E-state index contributed by atoms with van der Waals surface area (Å²) >= 11 is 0. The summed E-state index contributed by atoms with van der Waals surface area (Å²) in [5, 5.41) is 3.95. The number of ether oxygens (including phenoxy) is 1. The predicted molar refractivity (Wildman–Crippen MR) is 252 cm³/mol. The van der Waals surface area contributed by atoms with Crippen LogP contribution in [0.1, 0.15) is 34.6 Å².